The van der Waals surface area contributed by atoms with Crippen molar-refractivity contribution in [1.82, 2.24) is 4.90 Å². The van der Waals surface area contributed by atoms with Gasteiger partial charge in [0, 0.05) is 31.7 Å². The molecule has 2 fully saturated rings. The van der Waals surface area contributed by atoms with Gasteiger partial charge in [-0.3, -0.25) is 15.2 Å². The Morgan fingerprint density at radius 2 is 1.96 bits per heavy atom. The number of nitrogens with zero attached hydrogens (tertiary/aromatic N) is 2. The fraction of sp³-hybridized carbons (Fsp3) is 0.500. The summed E-state index contributed by atoms with van der Waals surface area (Å²) in [5, 5.41) is 16.0. The van der Waals surface area contributed by atoms with Crippen molar-refractivity contribution in [3.63, 3.8) is 0 Å². The molecule has 1 aromatic rings. The molecular weight excluding hydrogens is 352 g/mol. The third-order valence-corrected chi connectivity index (χ3v) is 4.78. The van der Waals surface area contributed by atoms with E-state index in [1.165, 1.54) is 0 Å². The molecule has 4 N–H and O–H groups in total. The van der Waals surface area contributed by atoms with Crippen LogP contribution < -0.4 is 10.6 Å². The number of amidine groups is 1. The molecule has 0 bridgehead atoms. The maximum atomic E-state index is 12.2. The largest absolute Gasteiger partial charge is 0.506 e. The molecule has 1 atom stereocenters. The standard InChI is InChI=1S/C18H24N4O5/c19-16(20)9-12-1-3-13(4-2-12)22-11-15(26-17(22)23)10-21-7-5-14(6-8-21)27-18(24)25/h1-4,14-15H,5-11H2,(H3,19,20)(H,24,25)/t15-/m1/s1. The van der Waals surface area contributed by atoms with Crippen molar-refractivity contribution in [2.24, 2.45) is 5.73 Å². The molecular formula is C18H24N4O5. The summed E-state index contributed by atoms with van der Waals surface area (Å²) in [4.78, 5) is 26.6. The Balaban J connectivity index is 1.50. The van der Waals surface area contributed by atoms with Gasteiger partial charge < -0.3 is 20.3 Å². The number of carbonyl (C=O) groups excluding carboxylic acids is 1. The summed E-state index contributed by atoms with van der Waals surface area (Å²) >= 11 is 0. The molecule has 0 aromatic heterocycles. The number of hydrogen-bond donors (Lipinski definition) is 3. The van der Waals surface area contributed by atoms with Gasteiger partial charge in [0.15, 0.2) is 0 Å². The predicted molar refractivity (Wildman–Crippen MR) is 98.2 cm³/mol. The van der Waals surface area contributed by atoms with E-state index in [4.69, 9.17) is 25.7 Å². The van der Waals surface area contributed by atoms with Crippen LogP contribution in [0.4, 0.5) is 15.3 Å². The zero-order valence-corrected chi connectivity index (χ0v) is 15.0. The summed E-state index contributed by atoms with van der Waals surface area (Å²) < 4.78 is 10.3. The SMILES string of the molecule is N=C(N)Cc1ccc(N2C[C@@H](CN3CCC(OC(=O)O)CC3)OC2=O)cc1. The first-order valence-corrected chi connectivity index (χ1v) is 8.92. The fourth-order valence-corrected chi connectivity index (χ4v) is 3.48. The summed E-state index contributed by atoms with van der Waals surface area (Å²) in [6, 6.07) is 7.36. The number of piperidine rings is 1. The summed E-state index contributed by atoms with van der Waals surface area (Å²) in [5.74, 6) is 0.0981. The van der Waals surface area contributed by atoms with Gasteiger partial charge in [0.05, 0.1) is 12.4 Å². The maximum Gasteiger partial charge on any atom is 0.506 e. The zero-order valence-electron chi connectivity index (χ0n) is 15.0. The average molecular weight is 376 g/mol. The number of nitrogens with one attached hydrogen (secondary N) is 1. The highest BCUT2D eigenvalue weighted by molar-refractivity contribution is 5.89. The van der Waals surface area contributed by atoms with E-state index in [2.05, 4.69) is 4.90 Å². The van der Waals surface area contributed by atoms with Gasteiger partial charge in [-0.1, -0.05) is 12.1 Å². The van der Waals surface area contributed by atoms with E-state index in [1.54, 1.807) is 4.90 Å². The number of nitrogens with two attached hydrogens (primary N) is 1. The number of ether oxygens (including phenoxy) is 2. The Bertz CT molecular complexity index is 700. The van der Waals surface area contributed by atoms with Crippen molar-refractivity contribution < 1.29 is 24.2 Å². The van der Waals surface area contributed by atoms with Crippen molar-refractivity contribution in [3.05, 3.63) is 29.8 Å². The Kier molecular flexibility index (Phi) is 5.80. The number of cyclic esters (lactones) is 1. The molecule has 0 spiro atoms. The molecule has 9 heteroatoms. The topological polar surface area (TPSA) is 129 Å². The number of likely N-dealkylation sites (tertiary alicyclic amines) is 1. The molecule has 2 aliphatic heterocycles. The Hall–Kier alpha value is -2.81. The number of benzene rings is 1. The van der Waals surface area contributed by atoms with Gasteiger partial charge in [-0.05, 0) is 30.5 Å². The third kappa shape index (κ3) is 5.10. The summed E-state index contributed by atoms with van der Waals surface area (Å²) in [6.45, 7) is 2.51. The van der Waals surface area contributed by atoms with E-state index in [0.29, 0.717) is 45.4 Å². The molecule has 146 valence electrons. The van der Waals surface area contributed by atoms with Crippen molar-refractivity contribution in [3.8, 4) is 0 Å². The molecule has 1 aromatic carbocycles. The van der Waals surface area contributed by atoms with Gasteiger partial charge in [0.25, 0.3) is 0 Å². The third-order valence-electron chi connectivity index (χ3n) is 4.78. The van der Waals surface area contributed by atoms with Gasteiger partial charge in [-0.2, -0.15) is 0 Å². The van der Waals surface area contributed by atoms with Crippen molar-refractivity contribution in [2.45, 2.75) is 31.5 Å². The lowest BCUT2D eigenvalue weighted by Gasteiger charge is -2.31. The fourth-order valence-electron chi connectivity index (χ4n) is 3.48. The summed E-state index contributed by atoms with van der Waals surface area (Å²) in [7, 11) is 0. The summed E-state index contributed by atoms with van der Waals surface area (Å²) in [6.07, 6.45) is -0.412. The van der Waals surface area contributed by atoms with E-state index in [0.717, 1.165) is 11.3 Å². The number of rotatable bonds is 6. The van der Waals surface area contributed by atoms with Crippen LogP contribution in [-0.4, -0.2) is 66.5 Å². The van der Waals surface area contributed by atoms with Gasteiger partial charge in [0.2, 0.25) is 0 Å². The van der Waals surface area contributed by atoms with Crippen LogP contribution in [0.2, 0.25) is 0 Å². The molecule has 0 unspecified atom stereocenters. The molecule has 0 aliphatic carbocycles. The smallest absolute Gasteiger partial charge is 0.450 e. The molecule has 0 radical (unpaired) electrons. The van der Waals surface area contributed by atoms with Crippen molar-refractivity contribution in [2.75, 3.05) is 31.1 Å². The lowest BCUT2D eigenvalue weighted by atomic mass is 10.1. The highest BCUT2D eigenvalue weighted by Gasteiger charge is 2.34. The van der Waals surface area contributed by atoms with E-state index in [-0.39, 0.29) is 24.1 Å². The van der Waals surface area contributed by atoms with Crippen LogP contribution >= 0.6 is 0 Å². The van der Waals surface area contributed by atoms with Crippen LogP contribution in [0.15, 0.2) is 24.3 Å². The molecule has 27 heavy (non-hydrogen) atoms. The second-order valence-electron chi connectivity index (χ2n) is 6.87. The van der Waals surface area contributed by atoms with Crippen molar-refractivity contribution in [1.29, 1.82) is 5.41 Å². The van der Waals surface area contributed by atoms with Crippen LogP contribution in [0.25, 0.3) is 0 Å². The van der Waals surface area contributed by atoms with Crippen LogP contribution in [0, 0.1) is 5.41 Å². The van der Waals surface area contributed by atoms with Crippen LogP contribution in [-0.2, 0) is 15.9 Å². The van der Waals surface area contributed by atoms with Gasteiger partial charge in [-0.25, -0.2) is 9.59 Å². The Morgan fingerprint density at radius 1 is 1.30 bits per heavy atom. The summed E-state index contributed by atoms with van der Waals surface area (Å²) in [5.41, 5.74) is 7.07. The average Bonchev–Trinajstić information content (AvgIpc) is 2.97. The Labute approximate surface area is 157 Å². The van der Waals surface area contributed by atoms with Gasteiger partial charge in [-0.15, -0.1) is 0 Å². The molecule has 2 aliphatic rings. The number of anilines is 1. The minimum absolute atomic E-state index is 0.0981. The van der Waals surface area contributed by atoms with Gasteiger partial charge >= 0.3 is 12.2 Å². The minimum Gasteiger partial charge on any atom is -0.450 e. The van der Waals surface area contributed by atoms with Crippen molar-refractivity contribution >= 4 is 23.8 Å². The molecule has 1 amide bonds. The number of carboxylic acid groups (broad SMARTS) is 1. The monoisotopic (exact) mass is 376 g/mol. The van der Waals surface area contributed by atoms with E-state index < -0.39 is 6.16 Å². The number of hydrogen-bond acceptors (Lipinski definition) is 6. The van der Waals surface area contributed by atoms with Gasteiger partial charge in [0.1, 0.15) is 12.2 Å². The molecule has 2 saturated heterocycles. The first kappa shape index (κ1) is 19.0. The molecule has 9 nitrogen and oxygen atoms in total. The van der Waals surface area contributed by atoms with Crippen LogP contribution in [0.5, 0.6) is 0 Å². The van der Waals surface area contributed by atoms with Crippen LogP contribution in [0.3, 0.4) is 0 Å². The lowest BCUT2D eigenvalue weighted by molar-refractivity contribution is 0.0125. The number of amides is 1. The molecule has 0 saturated carbocycles. The first-order valence-electron chi connectivity index (χ1n) is 8.92. The highest BCUT2D eigenvalue weighted by Crippen LogP contribution is 2.23. The predicted octanol–water partition coefficient (Wildman–Crippen LogP) is 1.65. The first-order chi connectivity index (χ1) is 12.9. The maximum absolute atomic E-state index is 12.2. The van der Waals surface area contributed by atoms with E-state index in [1.807, 2.05) is 24.3 Å². The Morgan fingerprint density at radius 3 is 2.56 bits per heavy atom. The zero-order chi connectivity index (χ0) is 19.4. The second-order valence-corrected chi connectivity index (χ2v) is 6.87. The minimum atomic E-state index is -1.23. The second kappa shape index (κ2) is 8.26. The quantitative estimate of drug-likeness (QED) is 0.391. The highest BCUT2D eigenvalue weighted by atomic mass is 16.7. The van der Waals surface area contributed by atoms with Crippen LogP contribution in [0.1, 0.15) is 18.4 Å². The normalized spacial score (nSPS) is 21.1. The van der Waals surface area contributed by atoms with E-state index in [9.17, 15) is 9.59 Å². The number of carbonyl (C=O) groups is 2. The lowest BCUT2D eigenvalue weighted by Crippen LogP contribution is -2.42. The molecule has 2 heterocycles. The van der Waals surface area contributed by atoms with E-state index >= 15 is 0 Å². The molecule has 3 rings (SSSR count).